The third kappa shape index (κ3) is 5.93. The van der Waals surface area contributed by atoms with Crippen LogP contribution in [0.3, 0.4) is 0 Å². The molecule has 0 saturated heterocycles. The van der Waals surface area contributed by atoms with Crippen LogP contribution in [-0.2, 0) is 14.3 Å². The van der Waals surface area contributed by atoms with Crippen molar-refractivity contribution in [2.45, 2.75) is 61.3 Å². The fourth-order valence-corrected chi connectivity index (χ4v) is 2.02. The Labute approximate surface area is 123 Å². The van der Waals surface area contributed by atoms with Crippen LogP contribution in [0.5, 0.6) is 0 Å². The van der Waals surface area contributed by atoms with E-state index in [2.05, 4.69) is 0 Å². The maximum absolute atomic E-state index is 12.2. The van der Waals surface area contributed by atoms with Crippen molar-refractivity contribution in [3.63, 3.8) is 0 Å². The van der Waals surface area contributed by atoms with E-state index in [1.807, 2.05) is 53.4 Å². The third-order valence-corrected chi connectivity index (χ3v) is 3.37. The maximum Gasteiger partial charge on any atom is 0.311 e. The number of carbonyl (C=O) groups excluding carboxylic acids is 2. The number of ether oxygens (including phenoxy) is 1. The summed E-state index contributed by atoms with van der Waals surface area (Å²) in [6, 6.07) is 0. The zero-order valence-electron chi connectivity index (χ0n) is 14.2. The summed E-state index contributed by atoms with van der Waals surface area (Å²) in [7, 11) is 0. The molecule has 0 unspecified atom stereocenters. The summed E-state index contributed by atoms with van der Waals surface area (Å²) < 4.78 is 5.07. The van der Waals surface area contributed by atoms with Crippen LogP contribution in [0.25, 0.3) is 0 Å². The van der Waals surface area contributed by atoms with E-state index in [0.717, 1.165) is 12.8 Å². The van der Waals surface area contributed by atoms with Crippen molar-refractivity contribution in [3.05, 3.63) is 0 Å². The minimum atomic E-state index is -0.486. The molecule has 118 valence electrons. The van der Waals surface area contributed by atoms with E-state index in [1.165, 1.54) is 0 Å². The van der Waals surface area contributed by atoms with E-state index in [9.17, 15) is 9.59 Å². The van der Waals surface area contributed by atoms with Gasteiger partial charge in [0.25, 0.3) is 0 Å². The summed E-state index contributed by atoms with van der Waals surface area (Å²) in [4.78, 5) is 25.9. The largest absolute Gasteiger partial charge is 0.466 e. The van der Waals surface area contributed by atoms with Gasteiger partial charge in [-0.2, -0.15) is 0 Å². The van der Waals surface area contributed by atoms with Crippen molar-refractivity contribution < 1.29 is 14.3 Å². The summed E-state index contributed by atoms with van der Waals surface area (Å²) >= 11 is 0. The van der Waals surface area contributed by atoms with Crippen LogP contribution in [0, 0.1) is 10.8 Å². The molecule has 0 saturated carbocycles. The minimum Gasteiger partial charge on any atom is -0.466 e. The van der Waals surface area contributed by atoms with Crippen molar-refractivity contribution in [1.29, 1.82) is 0 Å². The Morgan fingerprint density at radius 2 is 1.60 bits per heavy atom. The van der Waals surface area contributed by atoms with E-state index < -0.39 is 5.41 Å². The number of rotatable bonds is 7. The van der Waals surface area contributed by atoms with Crippen LogP contribution < -0.4 is 0 Å². The van der Waals surface area contributed by atoms with E-state index in [0.29, 0.717) is 19.7 Å². The SMILES string of the molecule is CCOC(=O)C(C)(C)CCCN(CC)C(=O)C(C)(C)C. The summed E-state index contributed by atoms with van der Waals surface area (Å²) in [5, 5.41) is 0. The van der Waals surface area contributed by atoms with Gasteiger partial charge in [-0.05, 0) is 40.5 Å². The van der Waals surface area contributed by atoms with Gasteiger partial charge in [0.2, 0.25) is 5.91 Å². The van der Waals surface area contributed by atoms with Gasteiger partial charge >= 0.3 is 5.97 Å². The Kier molecular flexibility index (Phi) is 7.25. The Morgan fingerprint density at radius 1 is 1.05 bits per heavy atom. The quantitative estimate of drug-likeness (QED) is 0.675. The molecule has 0 radical (unpaired) electrons. The van der Waals surface area contributed by atoms with Crippen molar-refractivity contribution in [1.82, 2.24) is 4.90 Å². The van der Waals surface area contributed by atoms with Crippen molar-refractivity contribution in [2.75, 3.05) is 19.7 Å². The molecule has 0 fully saturated rings. The predicted molar refractivity (Wildman–Crippen MR) is 81.4 cm³/mol. The molecule has 0 bridgehead atoms. The third-order valence-electron chi connectivity index (χ3n) is 3.37. The molecule has 0 aromatic rings. The lowest BCUT2D eigenvalue weighted by Crippen LogP contribution is -2.40. The van der Waals surface area contributed by atoms with Gasteiger partial charge in [-0.25, -0.2) is 0 Å². The molecule has 4 heteroatoms. The van der Waals surface area contributed by atoms with Gasteiger partial charge in [-0.15, -0.1) is 0 Å². The number of amides is 1. The second kappa shape index (κ2) is 7.65. The lowest BCUT2D eigenvalue weighted by Gasteiger charge is -2.30. The molecule has 0 heterocycles. The topological polar surface area (TPSA) is 46.6 Å². The van der Waals surface area contributed by atoms with Gasteiger partial charge in [0, 0.05) is 18.5 Å². The molecular weight excluding hydrogens is 254 g/mol. The monoisotopic (exact) mass is 285 g/mol. The second-order valence-electron chi connectivity index (χ2n) is 6.84. The molecule has 0 aromatic carbocycles. The first-order valence-electron chi connectivity index (χ1n) is 7.52. The molecule has 1 amide bonds. The highest BCUT2D eigenvalue weighted by Crippen LogP contribution is 2.25. The molecule has 0 N–H and O–H groups in total. The number of hydrogen-bond acceptors (Lipinski definition) is 3. The molecule has 20 heavy (non-hydrogen) atoms. The van der Waals surface area contributed by atoms with Crippen LogP contribution in [0.15, 0.2) is 0 Å². The van der Waals surface area contributed by atoms with Gasteiger partial charge in [0.15, 0.2) is 0 Å². The predicted octanol–water partition coefficient (Wildman–Crippen LogP) is 3.25. The molecule has 0 atom stereocenters. The fourth-order valence-electron chi connectivity index (χ4n) is 2.02. The van der Waals surface area contributed by atoms with Crippen molar-refractivity contribution >= 4 is 11.9 Å². The van der Waals surface area contributed by atoms with Crippen LogP contribution in [-0.4, -0.2) is 36.5 Å². The van der Waals surface area contributed by atoms with E-state index in [-0.39, 0.29) is 17.3 Å². The average molecular weight is 285 g/mol. The summed E-state index contributed by atoms with van der Waals surface area (Å²) in [5.74, 6) is -0.000799. The molecule has 4 nitrogen and oxygen atoms in total. The molecular formula is C16H31NO3. The van der Waals surface area contributed by atoms with Gasteiger partial charge in [-0.3, -0.25) is 9.59 Å². The van der Waals surface area contributed by atoms with Crippen LogP contribution in [0.1, 0.15) is 61.3 Å². The summed E-state index contributed by atoms with van der Waals surface area (Å²) in [5.41, 5.74) is -0.840. The highest BCUT2D eigenvalue weighted by molar-refractivity contribution is 5.81. The van der Waals surface area contributed by atoms with Crippen LogP contribution in [0.4, 0.5) is 0 Å². The highest BCUT2D eigenvalue weighted by Gasteiger charge is 2.30. The van der Waals surface area contributed by atoms with Gasteiger partial charge in [0.1, 0.15) is 0 Å². The zero-order valence-corrected chi connectivity index (χ0v) is 14.2. The molecule has 0 aliphatic rings. The first-order valence-corrected chi connectivity index (χ1v) is 7.52. The van der Waals surface area contributed by atoms with Crippen LogP contribution in [0.2, 0.25) is 0 Å². The van der Waals surface area contributed by atoms with Crippen molar-refractivity contribution in [3.8, 4) is 0 Å². The Balaban J connectivity index is 4.40. The normalized spacial score (nSPS) is 12.2. The van der Waals surface area contributed by atoms with Gasteiger partial charge in [0.05, 0.1) is 12.0 Å². The standard InChI is InChI=1S/C16H31NO3/c1-8-17(13(18)15(3,4)5)12-10-11-16(6,7)14(19)20-9-2/h8-12H2,1-7H3. The van der Waals surface area contributed by atoms with Crippen LogP contribution >= 0.6 is 0 Å². The lowest BCUT2D eigenvalue weighted by molar-refractivity contribution is -0.153. The number of carbonyl (C=O) groups is 2. The van der Waals surface area contributed by atoms with Gasteiger partial charge < -0.3 is 9.64 Å². The Hall–Kier alpha value is -1.06. The molecule has 0 rings (SSSR count). The molecule has 0 aliphatic carbocycles. The van der Waals surface area contributed by atoms with E-state index in [4.69, 9.17) is 4.74 Å². The number of hydrogen-bond donors (Lipinski definition) is 0. The Morgan fingerprint density at radius 3 is 2.00 bits per heavy atom. The second-order valence-corrected chi connectivity index (χ2v) is 6.84. The average Bonchev–Trinajstić information content (AvgIpc) is 2.33. The molecule has 0 spiro atoms. The molecule has 0 aromatic heterocycles. The highest BCUT2D eigenvalue weighted by atomic mass is 16.5. The number of esters is 1. The summed E-state index contributed by atoms with van der Waals surface area (Å²) in [6.45, 7) is 15.2. The minimum absolute atomic E-state index is 0.161. The summed E-state index contributed by atoms with van der Waals surface area (Å²) in [6.07, 6.45) is 1.53. The first kappa shape index (κ1) is 18.9. The fraction of sp³-hybridized carbons (Fsp3) is 0.875. The smallest absolute Gasteiger partial charge is 0.311 e. The molecule has 0 aliphatic heterocycles. The number of nitrogens with zero attached hydrogens (tertiary/aromatic N) is 1. The van der Waals surface area contributed by atoms with E-state index >= 15 is 0 Å². The van der Waals surface area contributed by atoms with E-state index in [1.54, 1.807) is 0 Å². The first-order chi connectivity index (χ1) is 9.06. The maximum atomic E-state index is 12.2. The Bertz CT molecular complexity index is 329. The lowest BCUT2D eigenvalue weighted by atomic mass is 9.87. The zero-order chi connectivity index (χ0) is 16.0. The van der Waals surface area contributed by atoms with Gasteiger partial charge in [-0.1, -0.05) is 20.8 Å². The van der Waals surface area contributed by atoms with Crippen molar-refractivity contribution in [2.24, 2.45) is 10.8 Å².